The quantitative estimate of drug-likeness (QED) is 0.652. The summed E-state index contributed by atoms with van der Waals surface area (Å²) < 4.78 is 0. The minimum absolute atomic E-state index is 0.887. The highest BCUT2D eigenvalue weighted by Gasteiger charge is 2.07. The molecule has 15 heavy (non-hydrogen) atoms. The molecule has 1 rings (SSSR count). The maximum atomic E-state index is 3.40. The van der Waals surface area contributed by atoms with Gasteiger partial charge in [0.2, 0.25) is 0 Å². The zero-order valence-electron chi connectivity index (χ0n) is 10.6. The van der Waals surface area contributed by atoms with Crippen LogP contribution in [-0.4, -0.2) is 37.6 Å². The van der Waals surface area contributed by atoms with Gasteiger partial charge in [0.1, 0.15) is 0 Å². The number of hydrogen-bond acceptors (Lipinski definition) is 2. The summed E-state index contributed by atoms with van der Waals surface area (Å²) >= 11 is 0. The van der Waals surface area contributed by atoms with E-state index in [1.807, 2.05) is 0 Å². The molecule has 0 aromatic rings. The van der Waals surface area contributed by atoms with Crippen molar-refractivity contribution in [3.8, 4) is 0 Å². The number of piperazine rings is 1. The van der Waals surface area contributed by atoms with Crippen LogP contribution in [0.15, 0.2) is 0 Å². The summed E-state index contributed by atoms with van der Waals surface area (Å²) in [5.41, 5.74) is 0. The van der Waals surface area contributed by atoms with E-state index in [0.717, 1.165) is 5.92 Å². The van der Waals surface area contributed by atoms with E-state index < -0.39 is 0 Å². The molecule has 1 aliphatic heterocycles. The summed E-state index contributed by atoms with van der Waals surface area (Å²) in [7, 11) is 0. The second-order valence-corrected chi connectivity index (χ2v) is 5.19. The Labute approximate surface area is 95.4 Å². The van der Waals surface area contributed by atoms with Crippen molar-refractivity contribution in [2.75, 3.05) is 32.7 Å². The number of unbranched alkanes of at least 4 members (excludes halogenated alkanes) is 3. The first-order valence-electron chi connectivity index (χ1n) is 6.72. The van der Waals surface area contributed by atoms with Gasteiger partial charge in [-0.3, -0.25) is 0 Å². The number of nitrogens with zero attached hydrogens (tertiary/aromatic N) is 1. The molecule has 0 spiro atoms. The van der Waals surface area contributed by atoms with Crippen molar-refractivity contribution in [1.82, 2.24) is 10.2 Å². The van der Waals surface area contributed by atoms with Crippen LogP contribution in [0, 0.1) is 5.92 Å². The molecule has 0 radical (unpaired) electrons. The monoisotopic (exact) mass is 212 g/mol. The lowest BCUT2D eigenvalue weighted by atomic mass is 10.0. The maximum absolute atomic E-state index is 3.40. The van der Waals surface area contributed by atoms with Crippen molar-refractivity contribution >= 4 is 0 Å². The largest absolute Gasteiger partial charge is 0.314 e. The van der Waals surface area contributed by atoms with Crippen molar-refractivity contribution < 1.29 is 0 Å². The van der Waals surface area contributed by atoms with E-state index in [2.05, 4.69) is 24.1 Å². The van der Waals surface area contributed by atoms with Crippen LogP contribution in [0.1, 0.15) is 46.0 Å². The van der Waals surface area contributed by atoms with Crippen LogP contribution in [0.3, 0.4) is 0 Å². The van der Waals surface area contributed by atoms with Gasteiger partial charge >= 0.3 is 0 Å². The second-order valence-electron chi connectivity index (χ2n) is 5.19. The average molecular weight is 212 g/mol. The number of rotatable bonds is 7. The lowest BCUT2D eigenvalue weighted by Gasteiger charge is -2.27. The van der Waals surface area contributed by atoms with E-state index >= 15 is 0 Å². The minimum atomic E-state index is 0.887. The van der Waals surface area contributed by atoms with Crippen LogP contribution in [0.25, 0.3) is 0 Å². The SMILES string of the molecule is CC(C)CCCCCCN1CCNCC1. The van der Waals surface area contributed by atoms with Gasteiger partial charge in [-0.1, -0.05) is 39.5 Å². The zero-order valence-corrected chi connectivity index (χ0v) is 10.6. The first-order valence-corrected chi connectivity index (χ1v) is 6.72. The van der Waals surface area contributed by atoms with Crippen LogP contribution in [0.5, 0.6) is 0 Å². The van der Waals surface area contributed by atoms with E-state index in [4.69, 9.17) is 0 Å². The van der Waals surface area contributed by atoms with Crippen molar-refractivity contribution in [3.63, 3.8) is 0 Å². The molecular formula is C13H28N2. The molecule has 0 saturated carbocycles. The lowest BCUT2D eigenvalue weighted by Crippen LogP contribution is -2.43. The zero-order chi connectivity index (χ0) is 10.9. The van der Waals surface area contributed by atoms with Gasteiger partial charge in [0.15, 0.2) is 0 Å². The molecule has 0 unspecified atom stereocenters. The maximum Gasteiger partial charge on any atom is 0.0107 e. The molecule has 0 aromatic heterocycles. The van der Waals surface area contributed by atoms with E-state index in [1.54, 1.807) is 0 Å². The number of nitrogens with one attached hydrogen (secondary N) is 1. The topological polar surface area (TPSA) is 15.3 Å². The van der Waals surface area contributed by atoms with Crippen molar-refractivity contribution in [1.29, 1.82) is 0 Å². The third-order valence-corrected chi connectivity index (χ3v) is 3.22. The fourth-order valence-electron chi connectivity index (χ4n) is 2.18. The summed E-state index contributed by atoms with van der Waals surface area (Å²) in [5.74, 6) is 0.887. The summed E-state index contributed by atoms with van der Waals surface area (Å²) in [6.07, 6.45) is 7.10. The van der Waals surface area contributed by atoms with Crippen molar-refractivity contribution in [2.45, 2.75) is 46.0 Å². The fourth-order valence-corrected chi connectivity index (χ4v) is 2.18. The summed E-state index contributed by atoms with van der Waals surface area (Å²) in [5, 5.41) is 3.40. The van der Waals surface area contributed by atoms with Gasteiger partial charge in [0.25, 0.3) is 0 Å². The molecule has 90 valence electrons. The average Bonchev–Trinajstić information content (AvgIpc) is 2.24. The normalized spacial score (nSPS) is 18.6. The van der Waals surface area contributed by atoms with Crippen LogP contribution < -0.4 is 5.32 Å². The number of hydrogen-bond donors (Lipinski definition) is 1. The second kappa shape index (κ2) is 8.12. The predicted molar refractivity (Wildman–Crippen MR) is 67.2 cm³/mol. The Morgan fingerprint density at radius 1 is 1.00 bits per heavy atom. The van der Waals surface area contributed by atoms with Gasteiger partial charge in [0, 0.05) is 26.2 Å². The fraction of sp³-hybridized carbons (Fsp3) is 1.00. The van der Waals surface area contributed by atoms with Crippen LogP contribution >= 0.6 is 0 Å². The molecule has 1 fully saturated rings. The molecule has 0 aliphatic carbocycles. The molecule has 1 heterocycles. The van der Waals surface area contributed by atoms with Gasteiger partial charge in [-0.2, -0.15) is 0 Å². The third-order valence-electron chi connectivity index (χ3n) is 3.22. The molecule has 2 nitrogen and oxygen atoms in total. The van der Waals surface area contributed by atoms with Gasteiger partial charge < -0.3 is 10.2 Å². The third kappa shape index (κ3) is 6.91. The van der Waals surface area contributed by atoms with Gasteiger partial charge in [-0.05, 0) is 18.9 Å². The first-order chi connectivity index (χ1) is 7.29. The minimum Gasteiger partial charge on any atom is -0.314 e. The molecule has 0 bridgehead atoms. The van der Waals surface area contributed by atoms with Crippen molar-refractivity contribution in [2.24, 2.45) is 5.92 Å². The van der Waals surface area contributed by atoms with Crippen LogP contribution in [0.2, 0.25) is 0 Å². The summed E-state index contributed by atoms with van der Waals surface area (Å²) in [6.45, 7) is 10.9. The molecule has 1 N–H and O–H groups in total. The highest BCUT2D eigenvalue weighted by molar-refractivity contribution is 4.67. The molecular weight excluding hydrogens is 184 g/mol. The van der Waals surface area contributed by atoms with E-state index in [0.29, 0.717) is 0 Å². The van der Waals surface area contributed by atoms with Crippen molar-refractivity contribution in [3.05, 3.63) is 0 Å². The lowest BCUT2D eigenvalue weighted by molar-refractivity contribution is 0.235. The molecule has 2 heteroatoms. The molecule has 0 atom stereocenters. The molecule has 0 aromatic carbocycles. The summed E-state index contributed by atoms with van der Waals surface area (Å²) in [4.78, 5) is 2.60. The Bertz CT molecular complexity index is 139. The Balaban J connectivity index is 1.83. The molecule has 1 saturated heterocycles. The van der Waals surface area contributed by atoms with Gasteiger partial charge in [-0.15, -0.1) is 0 Å². The van der Waals surface area contributed by atoms with Gasteiger partial charge in [-0.25, -0.2) is 0 Å². The summed E-state index contributed by atoms with van der Waals surface area (Å²) in [6, 6.07) is 0. The Morgan fingerprint density at radius 3 is 2.33 bits per heavy atom. The predicted octanol–water partition coefficient (Wildman–Crippen LogP) is 2.50. The molecule has 0 amide bonds. The Kier molecular flexibility index (Phi) is 7.03. The highest BCUT2D eigenvalue weighted by Crippen LogP contribution is 2.09. The van der Waals surface area contributed by atoms with E-state index in [9.17, 15) is 0 Å². The Hall–Kier alpha value is -0.0800. The smallest absolute Gasteiger partial charge is 0.0107 e. The first kappa shape index (κ1) is 13.0. The highest BCUT2D eigenvalue weighted by atomic mass is 15.2. The van der Waals surface area contributed by atoms with Crippen LogP contribution in [-0.2, 0) is 0 Å². The molecule has 1 aliphatic rings. The van der Waals surface area contributed by atoms with Crippen LogP contribution in [0.4, 0.5) is 0 Å². The van der Waals surface area contributed by atoms with Gasteiger partial charge in [0.05, 0.1) is 0 Å². The van der Waals surface area contributed by atoms with E-state index in [1.165, 1.54) is 64.8 Å². The standard InChI is InChI=1S/C13H28N2/c1-13(2)7-5-3-4-6-10-15-11-8-14-9-12-15/h13-14H,3-12H2,1-2H3. The Morgan fingerprint density at radius 2 is 1.67 bits per heavy atom. The van der Waals surface area contributed by atoms with E-state index in [-0.39, 0.29) is 0 Å².